The van der Waals surface area contributed by atoms with Crippen molar-refractivity contribution in [1.82, 2.24) is 4.90 Å². The van der Waals surface area contributed by atoms with Crippen molar-refractivity contribution in [3.63, 3.8) is 0 Å². The lowest BCUT2D eigenvalue weighted by Gasteiger charge is -2.38. The van der Waals surface area contributed by atoms with E-state index in [9.17, 15) is 9.59 Å². The first-order chi connectivity index (χ1) is 13.3. The average molecular weight is 403 g/mol. The number of halogens is 1. The molecule has 0 aliphatic carbocycles. The van der Waals surface area contributed by atoms with Crippen molar-refractivity contribution < 1.29 is 19.1 Å². The van der Waals surface area contributed by atoms with Crippen LogP contribution in [0.15, 0.2) is 30.3 Å². The van der Waals surface area contributed by atoms with Gasteiger partial charge in [0.25, 0.3) is 5.91 Å². The van der Waals surface area contributed by atoms with Gasteiger partial charge in [-0.25, -0.2) is 4.79 Å². The van der Waals surface area contributed by atoms with Gasteiger partial charge in [0.15, 0.2) is 6.61 Å². The number of nitrogens with one attached hydrogen (secondary N) is 1. The van der Waals surface area contributed by atoms with Crippen LogP contribution >= 0.6 is 11.6 Å². The first kappa shape index (κ1) is 20.0. The normalized spacial score (nSPS) is 15.7. The van der Waals surface area contributed by atoms with Crippen LogP contribution in [0.5, 0.6) is 5.75 Å². The highest BCUT2D eigenvalue weighted by Gasteiger charge is 2.32. The van der Waals surface area contributed by atoms with Gasteiger partial charge in [0, 0.05) is 11.6 Å². The van der Waals surface area contributed by atoms with Gasteiger partial charge in [-0.15, -0.1) is 0 Å². The lowest BCUT2D eigenvalue weighted by molar-refractivity contribution is -0.142. The zero-order valence-electron chi connectivity index (χ0n) is 16.3. The molecule has 1 aliphatic heterocycles. The molecule has 1 amide bonds. The number of nitrogens with zero attached hydrogens (tertiary/aromatic N) is 1. The highest BCUT2D eigenvalue weighted by atomic mass is 35.5. The van der Waals surface area contributed by atoms with Crippen LogP contribution in [0.3, 0.4) is 0 Å². The third-order valence-corrected chi connectivity index (χ3v) is 5.01. The molecule has 1 unspecified atom stereocenters. The number of amides is 1. The number of anilines is 1. The van der Waals surface area contributed by atoms with Crippen LogP contribution in [0, 0.1) is 13.8 Å². The number of benzene rings is 2. The largest absolute Gasteiger partial charge is 0.481 e. The maximum absolute atomic E-state index is 13.0. The van der Waals surface area contributed by atoms with E-state index in [1.54, 1.807) is 23.1 Å². The monoisotopic (exact) mass is 402 g/mol. The van der Waals surface area contributed by atoms with E-state index in [4.69, 9.17) is 16.3 Å². The molecule has 6 nitrogen and oxygen atoms in total. The van der Waals surface area contributed by atoms with E-state index in [1.165, 1.54) is 7.11 Å². The minimum atomic E-state index is -0.437. The molecule has 0 radical (unpaired) electrons. The van der Waals surface area contributed by atoms with Gasteiger partial charge in [-0.1, -0.05) is 11.6 Å². The van der Waals surface area contributed by atoms with Gasteiger partial charge in [0.1, 0.15) is 11.9 Å². The minimum Gasteiger partial charge on any atom is -0.481 e. The molecule has 1 N–H and O–H groups in total. The summed E-state index contributed by atoms with van der Waals surface area (Å²) in [6.07, 6.45) is -0.324. The summed E-state index contributed by atoms with van der Waals surface area (Å²) in [7, 11) is 1.32. The zero-order valence-corrected chi connectivity index (χ0v) is 17.1. The number of carbonyl (C=O) groups is 2. The predicted molar refractivity (Wildman–Crippen MR) is 108 cm³/mol. The fourth-order valence-corrected chi connectivity index (χ4v) is 3.64. The molecule has 3 rings (SSSR count). The smallest absolute Gasteiger partial charge is 0.343 e. The second kappa shape index (κ2) is 8.10. The molecule has 0 spiro atoms. The number of methoxy groups -OCH3 is 1. The Morgan fingerprint density at radius 3 is 2.50 bits per heavy atom. The maximum atomic E-state index is 13.0. The number of aryl methyl sites for hydroxylation is 2. The SMILES string of the molecule is CCN1C(=O)c2ccc(Cl)cc2NC1c1cc(C)c(OCC(=O)OC)c(C)c1. The highest BCUT2D eigenvalue weighted by molar-refractivity contribution is 6.31. The van der Waals surface area contributed by atoms with E-state index in [0.717, 1.165) is 16.7 Å². The number of ether oxygens (including phenoxy) is 2. The molecule has 1 heterocycles. The van der Waals surface area contributed by atoms with Crippen molar-refractivity contribution in [3.8, 4) is 5.75 Å². The van der Waals surface area contributed by atoms with Crippen molar-refractivity contribution >= 4 is 29.2 Å². The van der Waals surface area contributed by atoms with Gasteiger partial charge in [0.2, 0.25) is 0 Å². The number of hydrogen-bond donors (Lipinski definition) is 1. The Labute approximate surface area is 169 Å². The third kappa shape index (κ3) is 3.78. The van der Waals surface area contributed by atoms with Crippen LogP contribution in [0.4, 0.5) is 5.69 Å². The average Bonchev–Trinajstić information content (AvgIpc) is 2.66. The third-order valence-electron chi connectivity index (χ3n) is 4.78. The summed E-state index contributed by atoms with van der Waals surface area (Å²) in [4.78, 5) is 26.1. The zero-order chi connectivity index (χ0) is 20.4. The summed E-state index contributed by atoms with van der Waals surface area (Å²) in [6, 6.07) is 9.15. The Bertz CT molecular complexity index is 906. The Balaban J connectivity index is 1.95. The lowest BCUT2D eigenvalue weighted by atomic mass is 9.99. The molecule has 0 fully saturated rings. The summed E-state index contributed by atoms with van der Waals surface area (Å²) in [5.41, 5.74) is 4.01. The number of fused-ring (bicyclic) bond motifs is 1. The molecule has 0 bridgehead atoms. The highest BCUT2D eigenvalue weighted by Crippen LogP contribution is 2.36. The van der Waals surface area contributed by atoms with Crippen molar-refractivity contribution in [3.05, 3.63) is 57.6 Å². The van der Waals surface area contributed by atoms with Gasteiger partial charge in [0.05, 0.1) is 18.4 Å². The molecule has 7 heteroatoms. The topological polar surface area (TPSA) is 67.9 Å². The Morgan fingerprint density at radius 1 is 1.21 bits per heavy atom. The number of carbonyl (C=O) groups excluding carboxylic acids is 2. The van der Waals surface area contributed by atoms with Crippen LogP contribution in [0.25, 0.3) is 0 Å². The molecule has 28 heavy (non-hydrogen) atoms. The second-order valence-electron chi connectivity index (χ2n) is 6.68. The summed E-state index contributed by atoms with van der Waals surface area (Å²) < 4.78 is 10.2. The Morgan fingerprint density at radius 2 is 1.89 bits per heavy atom. The molecule has 0 aromatic heterocycles. The number of esters is 1. The molecule has 0 saturated carbocycles. The van der Waals surface area contributed by atoms with Gasteiger partial charge in [-0.3, -0.25) is 4.79 Å². The molecule has 0 saturated heterocycles. The minimum absolute atomic E-state index is 0.0424. The second-order valence-corrected chi connectivity index (χ2v) is 7.11. The van der Waals surface area contributed by atoms with Gasteiger partial charge in [-0.2, -0.15) is 0 Å². The summed E-state index contributed by atoms with van der Waals surface area (Å²) in [6.45, 7) is 6.17. The molecule has 2 aromatic carbocycles. The fraction of sp³-hybridized carbons (Fsp3) is 0.333. The van der Waals surface area contributed by atoms with E-state index in [0.29, 0.717) is 28.6 Å². The first-order valence-corrected chi connectivity index (χ1v) is 9.41. The lowest BCUT2D eigenvalue weighted by Crippen LogP contribution is -2.42. The van der Waals surface area contributed by atoms with E-state index < -0.39 is 5.97 Å². The summed E-state index contributed by atoms with van der Waals surface area (Å²) in [5, 5.41) is 4.00. The van der Waals surface area contributed by atoms with Crippen LogP contribution in [0.2, 0.25) is 5.02 Å². The summed E-state index contributed by atoms with van der Waals surface area (Å²) >= 11 is 6.11. The van der Waals surface area contributed by atoms with E-state index >= 15 is 0 Å². The summed E-state index contributed by atoms with van der Waals surface area (Å²) in [5.74, 6) is 0.162. The Hall–Kier alpha value is -2.73. The molecule has 1 atom stereocenters. The van der Waals surface area contributed by atoms with Crippen molar-refractivity contribution in [1.29, 1.82) is 0 Å². The van der Waals surface area contributed by atoms with E-state index in [2.05, 4.69) is 10.1 Å². The molecular weight excluding hydrogens is 380 g/mol. The quantitative estimate of drug-likeness (QED) is 0.763. The van der Waals surface area contributed by atoms with Crippen molar-refractivity contribution in [2.24, 2.45) is 0 Å². The van der Waals surface area contributed by atoms with E-state index in [1.807, 2.05) is 32.9 Å². The standard InChI is InChI=1S/C21H23ClN2O4/c1-5-24-20(23-17-10-15(22)6-7-16(17)21(24)26)14-8-12(2)19(13(3)9-14)28-11-18(25)27-4/h6-10,20,23H,5,11H2,1-4H3. The van der Waals surface area contributed by atoms with Crippen LogP contribution in [-0.2, 0) is 9.53 Å². The van der Waals surface area contributed by atoms with Gasteiger partial charge >= 0.3 is 5.97 Å². The maximum Gasteiger partial charge on any atom is 0.343 e. The fourth-order valence-electron chi connectivity index (χ4n) is 3.47. The van der Waals surface area contributed by atoms with Crippen molar-refractivity contribution in [2.75, 3.05) is 25.6 Å². The molecular formula is C21H23ClN2O4. The van der Waals surface area contributed by atoms with Crippen LogP contribution < -0.4 is 10.1 Å². The van der Waals surface area contributed by atoms with Crippen LogP contribution in [-0.4, -0.2) is 37.0 Å². The van der Waals surface area contributed by atoms with Gasteiger partial charge < -0.3 is 19.7 Å². The van der Waals surface area contributed by atoms with Crippen molar-refractivity contribution in [2.45, 2.75) is 26.9 Å². The van der Waals surface area contributed by atoms with Crippen LogP contribution in [0.1, 0.15) is 40.1 Å². The molecule has 1 aliphatic rings. The Kier molecular flexibility index (Phi) is 5.79. The molecule has 148 valence electrons. The van der Waals surface area contributed by atoms with Gasteiger partial charge in [-0.05, 0) is 67.8 Å². The number of hydrogen-bond acceptors (Lipinski definition) is 5. The van der Waals surface area contributed by atoms with E-state index in [-0.39, 0.29) is 18.7 Å². The predicted octanol–water partition coefficient (Wildman–Crippen LogP) is 4.10. The molecule has 2 aromatic rings. The first-order valence-electron chi connectivity index (χ1n) is 9.03. The number of rotatable bonds is 5.